The van der Waals surface area contributed by atoms with Crippen LogP contribution in [0.3, 0.4) is 0 Å². The molecule has 1 fully saturated rings. The quantitative estimate of drug-likeness (QED) is 0.705. The third-order valence-electron chi connectivity index (χ3n) is 4.93. The highest BCUT2D eigenvalue weighted by molar-refractivity contribution is 5.85. The fraction of sp³-hybridized carbons (Fsp3) is 0.933. The van der Waals surface area contributed by atoms with Crippen molar-refractivity contribution >= 4 is 5.91 Å². The van der Waals surface area contributed by atoms with E-state index in [0.29, 0.717) is 12.0 Å². The molecular weight excluding hydrogens is 238 g/mol. The maximum atomic E-state index is 11.9. The molecule has 0 aliphatic heterocycles. The van der Waals surface area contributed by atoms with E-state index in [2.05, 4.69) is 31.1 Å². The maximum Gasteiger partial charge on any atom is 0.238 e. The van der Waals surface area contributed by atoms with Gasteiger partial charge >= 0.3 is 0 Å². The zero-order valence-electron chi connectivity index (χ0n) is 13.0. The van der Waals surface area contributed by atoms with Crippen molar-refractivity contribution < 1.29 is 4.79 Å². The molecule has 0 saturated heterocycles. The molecule has 0 radical (unpaired) electrons. The van der Waals surface area contributed by atoms with E-state index in [1.165, 1.54) is 0 Å². The molecule has 1 amide bonds. The van der Waals surface area contributed by atoms with Crippen molar-refractivity contribution in [2.24, 2.45) is 11.7 Å². The molecule has 1 aliphatic rings. The first-order chi connectivity index (χ1) is 8.97. The van der Waals surface area contributed by atoms with E-state index >= 15 is 0 Å². The number of hydrogen-bond acceptors (Lipinski definition) is 3. The second-order valence-electron chi connectivity index (χ2n) is 5.98. The van der Waals surface area contributed by atoms with E-state index in [4.69, 9.17) is 5.73 Å². The average Bonchev–Trinajstić information content (AvgIpc) is 2.79. The van der Waals surface area contributed by atoms with Gasteiger partial charge in [-0.25, -0.2) is 0 Å². The Balaban J connectivity index is 2.62. The highest BCUT2D eigenvalue weighted by Crippen LogP contribution is 2.38. The molecule has 1 saturated carbocycles. The topological polar surface area (TPSA) is 58.4 Å². The van der Waals surface area contributed by atoms with Crippen LogP contribution in [-0.4, -0.2) is 42.5 Å². The standard InChI is InChI=1S/C15H31N3O/c1-5-12(3)18(4)11-9-13-8-7-10-15(13,14(16)19)17-6-2/h12-13,17H,5-11H2,1-4H3,(H2,16,19). The molecule has 1 aliphatic carbocycles. The van der Waals surface area contributed by atoms with Crippen molar-refractivity contribution in [2.75, 3.05) is 20.1 Å². The number of nitrogens with zero attached hydrogens (tertiary/aromatic N) is 1. The number of rotatable bonds is 8. The fourth-order valence-electron chi connectivity index (χ4n) is 3.32. The Labute approximate surface area is 118 Å². The van der Waals surface area contributed by atoms with E-state index in [0.717, 1.165) is 45.2 Å². The van der Waals surface area contributed by atoms with Crippen molar-refractivity contribution in [3.63, 3.8) is 0 Å². The summed E-state index contributed by atoms with van der Waals surface area (Å²) in [5.41, 5.74) is 5.23. The minimum absolute atomic E-state index is 0.164. The van der Waals surface area contributed by atoms with Gasteiger partial charge in [0.05, 0.1) is 0 Å². The lowest BCUT2D eigenvalue weighted by Gasteiger charge is -2.35. The van der Waals surface area contributed by atoms with Crippen molar-refractivity contribution in [1.82, 2.24) is 10.2 Å². The molecule has 19 heavy (non-hydrogen) atoms. The van der Waals surface area contributed by atoms with Crippen LogP contribution in [0.1, 0.15) is 52.9 Å². The van der Waals surface area contributed by atoms with E-state index < -0.39 is 5.54 Å². The lowest BCUT2D eigenvalue weighted by Crippen LogP contribution is -2.58. The monoisotopic (exact) mass is 269 g/mol. The molecule has 0 aromatic heterocycles. The van der Waals surface area contributed by atoms with E-state index in [1.807, 2.05) is 6.92 Å². The molecule has 1 rings (SSSR count). The smallest absolute Gasteiger partial charge is 0.238 e. The summed E-state index contributed by atoms with van der Waals surface area (Å²) in [6.45, 7) is 8.36. The molecule has 112 valence electrons. The maximum absolute atomic E-state index is 11.9. The van der Waals surface area contributed by atoms with Crippen molar-refractivity contribution in [3.8, 4) is 0 Å². The average molecular weight is 269 g/mol. The number of likely N-dealkylation sites (N-methyl/N-ethyl adjacent to an activating group) is 1. The molecule has 3 unspecified atom stereocenters. The molecule has 4 nitrogen and oxygen atoms in total. The van der Waals surface area contributed by atoms with Gasteiger partial charge in [0, 0.05) is 6.04 Å². The van der Waals surface area contributed by atoms with Crippen LogP contribution >= 0.6 is 0 Å². The molecule has 0 bridgehead atoms. The zero-order valence-corrected chi connectivity index (χ0v) is 13.0. The Morgan fingerprint density at radius 2 is 2.21 bits per heavy atom. The van der Waals surface area contributed by atoms with Gasteiger partial charge < -0.3 is 16.0 Å². The van der Waals surface area contributed by atoms with Crippen LogP contribution in [0.2, 0.25) is 0 Å². The summed E-state index contributed by atoms with van der Waals surface area (Å²) in [4.78, 5) is 14.3. The largest absolute Gasteiger partial charge is 0.368 e. The third kappa shape index (κ3) is 3.69. The number of carbonyl (C=O) groups is 1. The first-order valence-electron chi connectivity index (χ1n) is 7.73. The summed E-state index contributed by atoms with van der Waals surface area (Å²) in [6.07, 6.45) is 5.33. The highest BCUT2D eigenvalue weighted by Gasteiger charge is 2.46. The van der Waals surface area contributed by atoms with Gasteiger partial charge in [-0.05, 0) is 58.7 Å². The summed E-state index contributed by atoms with van der Waals surface area (Å²) >= 11 is 0. The molecule has 0 aromatic carbocycles. The van der Waals surface area contributed by atoms with Gasteiger partial charge in [-0.15, -0.1) is 0 Å². The van der Waals surface area contributed by atoms with Crippen LogP contribution in [0.4, 0.5) is 0 Å². The summed E-state index contributed by atoms with van der Waals surface area (Å²) in [5, 5.41) is 3.38. The summed E-state index contributed by atoms with van der Waals surface area (Å²) in [5.74, 6) is 0.222. The SMILES string of the molecule is CCNC1(C(N)=O)CCCC1CCN(C)C(C)CC. The summed E-state index contributed by atoms with van der Waals surface area (Å²) < 4.78 is 0. The van der Waals surface area contributed by atoms with Crippen LogP contribution in [0.5, 0.6) is 0 Å². The van der Waals surface area contributed by atoms with Gasteiger partial charge in [0.2, 0.25) is 5.91 Å². The molecule has 0 heterocycles. The number of hydrogen-bond donors (Lipinski definition) is 2. The van der Waals surface area contributed by atoms with Gasteiger partial charge in [0.25, 0.3) is 0 Å². The Bertz CT molecular complexity index is 295. The fourth-order valence-corrected chi connectivity index (χ4v) is 3.32. The normalized spacial score (nSPS) is 28.8. The summed E-state index contributed by atoms with van der Waals surface area (Å²) in [6, 6.07) is 0.600. The predicted octanol–water partition coefficient (Wildman–Crippen LogP) is 1.74. The van der Waals surface area contributed by atoms with Gasteiger partial charge in [-0.1, -0.05) is 20.3 Å². The van der Waals surface area contributed by atoms with Crippen molar-refractivity contribution in [1.29, 1.82) is 0 Å². The van der Waals surface area contributed by atoms with Gasteiger partial charge in [-0.2, -0.15) is 0 Å². The second kappa shape index (κ2) is 7.25. The minimum Gasteiger partial charge on any atom is -0.368 e. The van der Waals surface area contributed by atoms with Crippen molar-refractivity contribution in [3.05, 3.63) is 0 Å². The number of primary amides is 1. The lowest BCUT2D eigenvalue weighted by atomic mass is 9.83. The molecule has 3 atom stereocenters. The van der Waals surface area contributed by atoms with Crippen LogP contribution < -0.4 is 11.1 Å². The Hall–Kier alpha value is -0.610. The molecule has 3 N–H and O–H groups in total. The summed E-state index contributed by atoms with van der Waals surface area (Å²) in [7, 11) is 2.17. The number of carbonyl (C=O) groups excluding carboxylic acids is 1. The van der Waals surface area contributed by atoms with Crippen molar-refractivity contribution in [2.45, 2.75) is 64.5 Å². The van der Waals surface area contributed by atoms with E-state index in [9.17, 15) is 4.79 Å². The van der Waals surface area contributed by atoms with Crippen LogP contribution in [0, 0.1) is 5.92 Å². The highest BCUT2D eigenvalue weighted by atomic mass is 16.1. The molecule has 4 heteroatoms. The van der Waals surface area contributed by atoms with E-state index in [-0.39, 0.29) is 5.91 Å². The number of nitrogens with two attached hydrogens (primary N) is 1. The first-order valence-corrected chi connectivity index (χ1v) is 7.73. The molecule has 0 spiro atoms. The Morgan fingerprint density at radius 3 is 2.74 bits per heavy atom. The molecular formula is C15H31N3O. The molecule has 0 aromatic rings. The minimum atomic E-state index is -0.453. The van der Waals surface area contributed by atoms with Crippen LogP contribution in [-0.2, 0) is 4.79 Å². The van der Waals surface area contributed by atoms with E-state index in [1.54, 1.807) is 0 Å². The third-order valence-corrected chi connectivity index (χ3v) is 4.93. The van der Waals surface area contributed by atoms with Gasteiger partial charge in [0.1, 0.15) is 5.54 Å². The van der Waals surface area contributed by atoms with Crippen LogP contribution in [0.25, 0.3) is 0 Å². The second-order valence-corrected chi connectivity index (χ2v) is 5.98. The first kappa shape index (κ1) is 16.4. The Kier molecular flexibility index (Phi) is 6.27. The van der Waals surface area contributed by atoms with Crippen LogP contribution in [0.15, 0.2) is 0 Å². The zero-order chi connectivity index (χ0) is 14.5. The van der Waals surface area contributed by atoms with Gasteiger partial charge in [0.15, 0.2) is 0 Å². The van der Waals surface area contributed by atoms with Gasteiger partial charge in [-0.3, -0.25) is 4.79 Å². The Morgan fingerprint density at radius 1 is 1.53 bits per heavy atom. The lowest BCUT2D eigenvalue weighted by molar-refractivity contribution is -0.126. The number of nitrogens with one attached hydrogen (secondary N) is 1. The predicted molar refractivity (Wildman–Crippen MR) is 79.9 cm³/mol. The number of amides is 1.